The fraction of sp³-hybridized carbons (Fsp3) is 0.333. The number of amides is 2. The minimum Gasteiger partial charge on any atom is -0.395 e. The number of carbonyl (C=O) groups is 2. The van der Waals surface area contributed by atoms with Gasteiger partial charge >= 0.3 is 0 Å². The number of aliphatic hydroxyl groups excluding tert-OH is 1. The third-order valence-electron chi connectivity index (χ3n) is 3.23. The van der Waals surface area contributed by atoms with Gasteiger partial charge in [-0.1, -0.05) is 12.1 Å². The molecule has 0 saturated heterocycles. The van der Waals surface area contributed by atoms with Crippen LogP contribution in [0.4, 0.5) is 5.69 Å². The number of benzene rings is 1. The molecule has 0 radical (unpaired) electrons. The fourth-order valence-corrected chi connectivity index (χ4v) is 2.09. The number of imide groups is 1. The first-order valence-electron chi connectivity index (χ1n) is 6.84. The number of aliphatic hydroxyl groups is 1. The zero-order chi connectivity index (χ0) is 15.2. The summed E-state index contributed by atoms with van der Waals surface area (Å²) in [6, 6.07) is 7.70. The van der Waals surface area contributed by atoms with Gasteiger partial charge in [-0.3, -0.25) is 14.5 Å². The summed E-state index contributed by atoms with van der Waals surface area (Å²) in [4.78, 5) is 24.6. The Morgan fingerprint density at radius 1 is 1.19 bits per heavy atom. The van der Waals surface area contributed by atoms with Crippen LogP contribution in [-0.2, 0) is 16.0 Å². The summed E-state index contributed by atoms with van der Waals surface area (Å²) in [5, 5.41) is 14.9. The van der Waals surface area contributed by atoms with Crippen molar-refractivity contribution in [1.29, 1.82) is 0 Å². The molecule has 6 heteroatoms. The van der Waals surface area contributed by atoms with E-state index in [1.807, 2.05) is 31.3 Å². The first kappa shape index (κ1) is 15.2. The van der Waals surface area contributed by atoms with Gasteiger partial charge < -0.3 is 15.7 Å². The molecule has 1 heterocycles. The van der Waals surface area contributed by atoms with Crippen molar-refractivity contribution in [3.8, 4) is 0 Å². The molecule has 0 spiro atoms. The van der Waals surface area contributed by atoms with Gasteiger partial charge in [-0.25, -0.2) is 0 Å². The van der Waals surface area contributed by atoms with Crippen LogP contribution in [-0.4, -0.2) is 48.6 Å². The van der Waals surface area contributed by atoms with Gasteiger partial charge in [0.15, 0.2) is 0 Å². The van der Waals surface area contributed by atoms with E-state index in [0.29, 0.717) is 0 Å². The lowest BCUT2D eigenvalue weighted by atomic mass is 10.1. The van der Waals surface area contributed by atoms with Gasteiger partial charge in [0.1, 0.15) is 5.70 Å². The number of rotatable bonds is 7. The van der Waals surface area contributed by atoms with Gasteiger partial charge in [-0.15, -0.1) is 0 Å². The molecule has 1 aromatic rings. The highest BCUT2D eigenvalue weighted by Crippen LogP contribution is 2.17. The Morgan fingerprint density at radius 3 is 2.52 bits per heavy atom. The summed E-state index contributed by atoms with van der Waals surface area (Å²) >= 11 is 0. The largest absolute Gasteiger partial charge is 0.395 e. The Labute approximate surface area is 123 Å². The quantitative estimate of drug-likeness (QED) is 0.621. The molecule has 1 aliphatic heterocycles. The standard InChI is InChI=1S/C15H19N3O3/c1-16-7-6-11-2-4-12(5-3-11)17-13-10-14(20)18(8-9-19)15(13)21/h2-5,10,16-17,19H,6-9H2,1H3. The van der Waals surface area contributed by atoms with Crippen molar-refractivity contribution in [3.63, 3.8) is 0 Å². The van der Waals surface area contributed by atoms with Crippen LogP contribution in [0.15, 0.2) is 36.0 Å². The van der Waals surface area contributed by atoms with Crippen molar-refractivity contribution in [2.45, 2.75) is 6.42 Å². The van der Waals surface area contributed by atoms with Crippen molar-refractivity contribution < 1.29 is 14.7 Å². The highest BCUT2D eigenvalue weighted by Gasteiger charge is 2.30. The summed E-state index contributed by atoms with van der Waals surface area (Å²) < 4.78 is 0. The molecule has 0 bridgehead atoms. The van der Waals surface area contributed by atoms with Crippen molar-refractivity contribution in [2.75, 3.05) is 32.1 Å². The van der Waals surface area contributed by atoms with Gasteiger partial charge in [-0.2, -0.15) is 0 Å². The fourth-order valence-electron chi connectivity index (χ4n) is 2.09. The van der Waals surface area contributed by atoms with E-state index in [-0.39, 0.29) is 18.8 Å². The van der Waals surface area contributed by atoms with Crippen molar-refractivity contribution in [1.82, 2.24) is 10.2 Å². The molecule has 0 unspecified atom stereocenters. The van der Waals surface area contributed by atoms with Crippen LogP contribution in [0.5, 0.6) is 0 Å². The number of anilines is 1. The summed E-state index contributed by atoms with van der Waals surface area (Å²) in [6.07, 6.45) is 2.19. The van der Waals surface area contributed by atoms with E-state index in [9.17, 15) is 9.59 Å². The molecular formula is C15H19N3O3. The second-order valence-electron chi connectivity index (χ2n) is 4.75. The number of likely N-dealkylation sites (N-methyl/N-ethyl adjacent to an activating group) is 1. The summed E-state index contributed by atoms with van der Waals surface area (Å²) in [5.41, 5.74) is 2.18. The van der Waals surface area contributed by atoms with Crippen LogP contribution < -0.4 is 10.6 Å². The highest BCUT2D eigenvalue weighted by molar-refractivity contribution is 6.17. The predicted molar refractivity (Wildman–Crippen MR) is 79.6 cm³/mol. The molecule has 0 aliphatic carbocycles. The van der Waals surface area contributed by atoms with Crippen LogP contribution in [0, 0.1) is 0 Å². The third-order valence-corrected chi connectivity index (χ3v) is 3.23. The maximum absolute atomic E-state index is 12.0. The van der Waals surface area contributed by atoms with E-state index in [1.54, 1.807) is 0 Å². The molecule has 2 rings (SSSR count). The van der Waals surface area contributed by atoms with Crippen LogP contribution >= 0.6 is 0 Å². The van der Waals surface area contributed by atoms with Crippen LogP contribution in [0.1, 0.15) is 5.56 Å². The lowest BCUT2D eigenvalue weighted by molar-refractivity contribution is -0.137. The van der Waals surface area contributed by atoms with Crippen LogP contribution in [0.2, 0.25) is 0 Å². The molecule has 2 amide bonds. The first-order chi connectivity index (χ1) is 10.2. The number of nitrogens with one attached hydrogen (secondary N) is 2. The Morgan fingerprint density at radius 2 is 1.90 bits per heavy atom. The lowest BCUT2D eigenvalue weighted by Crippen LogP contribution is -2.34. The molecule has 1 aromatic carbocycles. The normalized spacial score (nSPS) is 14.6. The van der Waals surface area contributed by atoms with Crippen LogP contribution in [0.25, 0.3) is 0 Å². The van der Waals surface area contributed by atoms with E-state index < -0.39 is 11.8 Å². The number of β-amino-alcohol motifs (C(OH)–C–C–N with tert-alkyl or cyclic N) is 1. The molecule has 0 aromatic heterocycles. The third kappa shape index (κ3) is 3.68. The highest BCUT2D eigenvalue weighted by atomic mass is 16.3. The monoisotopic (exact) mass is 289 g/mol. The molecule has 6 nitrogen and oxygen atoms in total. The molecule has 0 saturated carbocycles. The van der Waals surface area contributed by atoms with Gasteiger partial charge in [0.25, 0.3) is 11.8 Å². The predicted octanol–water partition coefficient (Wildman–Crippen LogP) is 0.105. The second-order valence-corrected chi connectivity index (χ2v) is 4.75. The summed E-state index contributed by atoms with van der Waals surface area (Å²) in [7, 11) is 1.91. The zero-order valence-electron chi connectivity index (χ0n) is 11.9. The number of hydrogen-bond acceptors (Lipinski definition) is 5. The van der Waals surface area contributed by atoms with E-state index in [2.05, 4.69) is 10.6 Å². The maximum atomic E-state index is 12.0. The lowest BCUT2D eigenvalue weighted by Gasteiger charge is -2.13. The maximum Gasteiger partial charge on any atom is 0.277 e. The number of hydrogen-bond donors (Lipinski definition) is 3. The second kappa shape index (κ2) is 7.01. The number of nitrogens with zero attached hydrogens (tertiary/aromatic N) is 1. The molecular weight excluding hydrogens is 270 g/mol. The topological polar surface area (TPSA) is 81.7 Å². The molecule has 112 valence electrons. The molecule has 0 fully saturated rings. The molecule has 3 N–H and O–H groups in total. The Balaban J connectivity index is 2.00. The van der Waals surface area contributed by atoms with E-state index in [1.165, 1.54) is 11.6 Å². The Bertz CT molecular complexity index is 552. The van der Waals surface area contributed by atoms with Crippen molar-refractivity contribution >= 4 is 17.5 Å². The summed E-state index contributed by atoms with van der Waals surface area (Å²) in [6.45, 7) is 0.683. The average molecular weight is 289 g/mol. The molecule has 21 heavy (non-hydrogen) atoms. The average Bonchev–Trinajstić information content (AvgIpc) is 2.75. The van der Waals surface area contributed by atoms with Crippen LogP contribution in [0.3, 0.4) is 0 Å². The zero-order valence-corrected chi connectivity index (χ0v) is 11.9. The van der Waals surface area contributed by atoms with Crippen molar-refractivity contribution in [3.05, 3.63) is 41.6 Å². The first-order valence-corrected chi connectivity index (χ1v) is 6.84. The van der Waals surface area contributed by atoms with Gasteiger partial charge in [-0.05, 0) is 37.7 Å². The number of carbonyl (C=O) groups excluding carboxylic acids is 2. The smallest absolute Gasteiger partial charge is 0.277 e. The van der Waals surface area contributed by atoms with E-state index >= 15 is 0 Å². The SMILES string of the molecule is CNCCc1ccc(NC2=CC(=O)N(CCO)C2=O)cc1. The Hall–Kier alpha value is -2.18. The van der Waals surface area contributed by atoms with Gasteiger partial charge in [0, 0.05) is 11.8 Å². The molecule has 0 atom stereocenters. The van der Waals surface area contributed by atoms with E-state index in [4.69, 9.17) is 5.11 Å². The molecule has 1 aliphatic rings. The van der Waals surface area contributed by atoms with Gasteiger partial charge in [0.05, 0.1) is 13.2 Å². The van der Waals surface area contributed by atoms with Gasteiger partial charge in [0.2, 0.25) is 0 Å². The van der Waals surface area contributed by atoms with E-state index in [0.717, 1.165) is 23.6 Å². The Kier molecular flexibility index (Phi) is 5.08. The minimum atomic E-state index is -0.409. The summed E-state index contributed by atoms with van der Waals surface area (Å²) in [5.74, 6) is -0.810. The minimum absolute atomic E-state index is 0.0162. The van der Waals surface area contributed by atoms with Crippen molar-refractivity contribution in [2.24, 2.45) is 0 Å².